The number of rotatable bonds is 5. The van der Waals surface area contributed by atoms with Gasteiger partial charge >= 0.3 is 0 Å². The molecule has 0 aliphatic heterocycles. The number of amides is 2. The number of fused-ring (bicyclic) bond motifs is 1. The molecule has 0 fully saturated rings. The van der Waals surface area contributed by atoms with Gasteiger partial charge in [0, 0.05) is 16.6 Å². The third-order valence-electron chi connectivity index (χ3n) is 5.16. The fraction of sp³-hybridized carbons (Fsp3) is 0.120. The molecule has 4 rings (SSSR count). The van der Waals surface area contributed by atoms with Crippen LogP contribution in [0.4, 0.5) is 11.4 Å². The van der Waals surface area contributed by atoms with Gasteiger partial charge in [0.2, 0.25) is 5.76 Å². The zero-order chi connectivity index (χ0) is 22.0. The first-order chi connectivity index (χ1) is 15.0. The van der Waals surface area contributed by atoms with Gasteiger partial charge in [-0.1, -0.05) is 18.2 Å². The molecule has 3 aromatic carbocycles. The fourth-order valence-corrected chi connectivity index (χ4v) is 3.26. The molecule has 156 valence electrons. The molecule has 0 unspecified atom stereocenters. The Hall–Kier alpha value is -4.06. The van der Waals surface area contributed by atoms with Gasteiger partial charge in [0.25, 0.3) is 11.8 Å². The first-order valence-electron chi connectivity index (χ1n) is 9.82. The summed E-state index contributed by atoms with van der Waals surface area (Å²) in [7, 11) is 1.56. The molecule has 0 saturated carbocycles. The predicted octanol–water partition coefficient (Wildman–Crippen LogP) is 5.56. The number of aryl methyl sites for hydroxylation is 2. The third-order valence-corrected chi connectivity index (χ3v) is 5.16. The number of para-hydroxylation sites is 1. The van der Waals surface area contributed by atoms with Gasteiger partial charge in [-0.25, -0.2) is 0 Å². The Morgan fingerprint density at radius 2 is 1.58 bits per heavy atom. The molecule has 6 nitrogen and oxygen atoms in total. The highest BCUT2D eigenvalue weighted by atomic mass is 16.5. The van der Waals surface area contributed by atoms with E-state index in [0.717, 1.165) is 11.1 Å². The van der Waals surface area contributed by atoms with Crippen LogP contribution in [0.1, 0.15) is 32.0 Å². The van der Waals surface area contributed by atoms with Crippen LogP contribution in [0, 0.1) is 13.8 Å². The van der Waals surface area contributed by atoms with Crippen LogP contribution in [0.25, 0.3) is 11.0 Å². The molecule has 2 amide bonds. The average Bonchev–Trinajstić information content (AvgIpc) is 3.15. The summed E-state index contributed by atoms with van der Waals surface area (Å²) >= 11 is 0. The fourth-order valence-electron chi connectivity index (χ4n) is 3.26. The van der Waals surface area contributed by atoms with E-state index in [1.165, 1.54) is 0 Å². The number of anilines is 2. The lowest BCUT2D eigenvalue weighted by Crippen LogP contribution is -2.17. The maximum absolute atomic E-state index is 13.0. The van der Waals surface area contributed by atoms with Crippen LogP contribution in [0.3, 0.4) is 0 Å². The largest absolute Gasteiger partial charge is 0.497 e. The smallest absolute Gasteiger partial charge is 0.293 e. The van der Waals surface area contributed by atoms with E-state index in [1.807, 2.05) is 44.2 Å². The highest BCUT2D eigenvalue weighted by Crippen LogP contribution is 2.32. The highest BCUT2D eigenvalue weighted by Gasteiger charge is 2.23. The number of benzene rings is 3. The van der Waals surface area contributed by atoms with Crippen molar-refractivity contribution in [3.63, 3.8) is 0 Å². The Balaban J connectivity index is 1.67. The molecule has 2 N–H and O–H groups in total. The number of nitrogens with one attached hydrogen (secondary N) is 2. The molecule has 0 aliphatic rings. The summed E-state index contributed by atoms with van der Waals surface area (Å²) in [6, 6.07) is 19.6. The number of furan rings is 1. The first kappa shape index (κ1) is 20.2. The number of carbonyl (C=O) groups is 2. The number of methoxy groups -OCH3 is 1. The van der Waals surface area contributed by atoms with E-state index >= 15 is 0 Å². The lowest BCUT2D eigenvalue weighted by molar-refractivity contribution is 0.0999. The lowest BCUT2D eigenvalue weighted by atomic mass is 10.1. The summed E-state index contributed by atoms with van der Waals surface area (Å²) in [6.07, 6.45) is 0. The molecular weight excluding hydrogens is 392 g/mol. The summed E-state index contributed by atoms with van der Waals surface area (Å²) in [4.78, 5) is 25.9. The summed E-state index contributed by atoms with van der Waals surface area (Å²) < 4.78 is 10.9. The number of hydrogen-bond acceptors (Lipinski definition) is 4. The van der Waals surface area contributed by atoms with E-state index in [4.69, 9.17) is 9.15 Å². The van der Waals surface area contributed by atoms with Crippen LogP contribution < -0.4 is 15.4 Å². The zero-order valence-electron chi connectivity index (χ0n) is 17.5. The predicted molar refractivity (Wildman–Crippen MR) is 121 cm³/mol. The van der Waals surface area contributed by atoms with Crippen molar-refractivity contribution in [3.8, 4) is 5.75 Å². The minimum Gasteiger partial charge on any atom is -0.497 e. The van der Waals surface area contributed by atoms with E-state index in [0.29, 0.717) is 33.7 Å². The molecule has 6 heteroatoms. The van der Waals surface area contributed by atoms with E-state index in [1.54, 1.807) is 43.5 Å². The average molecular weight is 414 g/mol. The Labute approximate surface area is 179 Å². The van der Waals surface area contributed by atoms with E-state index in [2.05, 4.69) is 10.6 Å². The van der Waals surface area contributed by atoms with E-state index < -0.39 is 5.91 Å². The Morgan fingerprint density at radius 1 is 0.839 bits per heavy atom. The second kappa shape index (κ2) is 8.36. The normalized spacial score (nSPS) is 10.7. The summed E-state index contributed by atoms with van der Waals surface area (Å²) in [5, 5.41) is 6.34. The second-order valence-corrected chi connectivity index (χ2v) is 7.24. The van der Waals surface area contributed by atoms with Crippen molar-refractivity contribution in [2.45, 2.75) is 13.8 Å². The number of ether oxygens (including phenoxy) is 1. The second-order valence-electron chi connectivity index (χ2n) is 7.24. The van der Waals surface area contributed by atoms with Crippen LogP contribution in [0.5, 0.6) is 5.75 Å². The summed E-state index contributed by atoms with van der Waals surface area (Å²) in [5.74, 6) is -0.0982. The van der Waals surface area contributed by atoms with Gasteiger partial charge in [-0.2, -0.15) is 0 Å². The summed E-state index contributed by atoms with van der Waals surface area (Å²) in [6.45, 7) is 3.99. The maximum Gasteiger partial charge on any atom is 0.293 e. The van der Waals surface area contributed by atoms with Crippen LogP contribution in [-0.4, -0.2) is 18.9 Å². The monoisotopic (exact) mass is 414 g/mol. The van der Waals surface area contributed by atoms with Gasteiger partial charge in [0.1, 0.15) is 17.0 Å². The molecule has 0 atom stereocenters. The summed E-state index contributed by atoms with van der Waals surface area (Å²) in [5.41, 5.74) is 4.13. The lowest BCUT2D eigenvalue weighted by Gasteiger charge is -2.09. The SMILES string of the molecule is COc1ccc(C(=O)Nc2c(C(=O)Nc3ccc(C)c(C)c3)oc3ccccc23)cc1. The Kier molecular flexibility index (Phi) is 5.45. The Bertz CT molecular complexity index is 1270. The molecule has 0 bridgehead atoms. The highest BCUT2D eigenvalue weighted by molar-refractivity contribution is 6.16. The molecule has 1 heterocycles. The van der Waals surface area contributed by atoms with E-state index in [-0.39, 0.29) is 11.7 Å². The van der Waals surface area contributed by atoms with Crippen molar-refractivity contribution in [3.05, 3.63) is 89.2 Å². The maximum atomic E-state index is 13.0. The van der Waals surface area contributed by atoms with Crippen LogP contribution in [-0.2, 0) is 0 Å². The molecule has 4 aromatic rings. The van der Waals surface area contributed by atoms with Crippen molar-refractivity contribution < 1.29 is 18.7 Å². The molecule has 0 spiro atoms. The van der Waals surface area contributed by atoms with Crippen LogP contribution in [0.15, 0.2) is 71.1 Å². The van der Waals surface area contributed by atoms with Crippen LogP contribution >= 0.6 is 0 Å². The van der Waals surface area contributed by atoms with Gasteiger partial charge in [-0.3, -0.25) is 9.59 Å². The number of carbonyl (C=O) groups excluding carboxylic acids is 2. The van der Waals surface area contributed by atoms with Crippen molar-refractivity contribution in [2.24, 2.45) is 0 Å². The van der Waals surface area contributed by atoms with Gasteiger partial charge in [-0.05, 0) is 73.5 Å². The zero-order valence-corrected chi connectivity index (χ0v) is 17.5. The first-order valence-corrected chi connectivity index (χ1v) is 9.82. The van der Waals surface area contributed by atoms with Gasteiger partial charge in [0.05, 0.1) is 7.11 Å². The van der Waals surface area contributed by atoms with Crippen molar-refractivity contribution in [2.75, 3.05) is 17.7 Å². The van der Waals surface area contributed by atoms with Gasteiger partial charge in [-0.15, -0.1) is 0 Å². The van der Waals surface area contributed by atoms with Gasteiger partial charge < -0.3 is 19.8 Å². The topological polar surface area (TPSA) is 80.6 Å². The minimum atomic E-state index is -0.440. The molecule has 0 radical (unpaired) electrons. The standard InChI is InChI=1S/C25H22N2O4/c1-15-8-11-18(14-16(15)2)26-25(29)23-22(20-6-4-5-7-21(20)31-23)27-24(28)17-9-12-19(30-3)13-10-17/h4-14H,1-3H3,(H,26,29)(H,27,28). The molecule has 0 aliphatic carbocycles. The van der Waals surface area contributed by atoms with Gasteiger partial charge in [0.15, 0.2) is 0 Å². The molecular formula is C25H22N2O4. The van der Waals surface area contributed by atoms with Crippen molar-refractivity contribution >= 4 is 34.2 Å². The Morgan fingerprint density at radius 3 is 2.29 bits per heavy atom. The minimum absolute atomic E-state index is 0.0429. The number of hydrogen-bond donors (Lipinski definition) is 2. The van der Waals surface area contributed by atoms with Crippen molar-refractivity contribution in [1.82, 2.24) is 0 Å². The molecule has 0 saturated heterocycles. The van der Waals surface area contributed by atoms with Crippen molar-refractivity contribution in [1.29, 1.82) is 0 Å². The third kappa shape index (κ3) is 4.14. The quantitative estimate of drug-likeness (QED) is 0.448. The molecule has 1 aromatic heterocycles. The van der Waals surface area contributed by atoms with Crippen LogP contribution in [0.2, 0.25) is 0 Å². The van der Waals surface area contributed by atoms with E-state index in [9.17, 15) is 9.59 Å². The molecule has 31 heavy (non-hydrogen) atoms.